The zero-order valence-electron chi connectivity index (χ0n) is 13.6. The summed E-state index contributed by atoms with van der Waals surface area (Å²) in [7, 11) is 0. The van der Waals surface area contributed by atoms with Crippen molar-refractivity contribution in [3.8, 4) is 0 Å². The van der Waals surface area contributed by atoms with E-state index in [0.717, 1.165) is 6.42 Å². The van der Waals surface area contributed by atoms with E-state index in [4.69, 9.17) is 5.73 Å². The largest absolute Gasteiger partial charge is 0.352 e. The van der Waals surface area contributed by atoms with Gasteiger partial charge >= 0.3 is 0 Å². The number of benzene rings is 1. The first-order valence-corrected chi connectivity index (χ1v) is 7.24. The minimum absolute atomic E-state index is 0. The highest BCUT2D eigenvalue weighted by Gasteiger charge is 2.32. The van der Waals surface area contributed by atoms with Crippen molar-refractivity contribution in [3.05, 3.63) is 35.9 Å². The van der Waals surface area contributed by atoms with Gasteiger partial charge in [-0.3, -0.25) is 9.59 Å². The number of rotatable bonds is 6. The Morgan fingerprint density at radius 3 is 2.23 bits per heavy atom. The predicted octanol–water partition coefficient (Wildman–Crippen LogP) is 1.70. The molecule has 3 unspecified atom stereocenters. The van der Waals surface area contributed by atoms with Crippen LogP contribution in [0.5, 0.6) is 0 Å². The molecule has 6 heteroatoms. The van der Waals surface area contributed by atoms with Crippen molar-refractivity contribution < 1.29 is 9.59 Å². The maximum atomic E-state index is 12.3. The Balaban J connectivity index is 0.00000441. The second kappa shape index (κ2) is 8.76. The van der Waals surface area contributed by atoms with E-state index in [-0.39, 0.29) is 30.3 Å². The summed E-state index contributed by atoms with van der Waals surface area (Å²) in [5.74, 6) is -0.581. The van der Waals surface area contributed by atoms with Crippen molar-refractivity contribution in [3.63, 3.8) is 0 Å². The Kier molecular flexibility index (Phi) is 8.12. The van der Waals surface area contributed by atoms with Crippen molar-refractivity contribution in [1.82, 2.24) is 10.6 Å². The van der Waals surface area contributed by atoms with Gasteiger partial charge < -0.3 is 16.4 Å². The lowest BCUT2D eigenvalue weighted by Gasteiger charge is -2.26. The maximum absolute atomic E-state index is 12.3. The Morgan fingerprint density at radius 1 is 1.18 bits per heavy atom. The van der Waals surface area contributed by atoms with Crippen LogP contribution in [0.2, 0.25) is 0 Å². The van der Waals surface area contributed by atoms with Crippen molar-refractivity contribution in [2.24, 2.45) is 5.73 Å². The van der Waals surface area contributed by atoms with Crippen LogP contribution in [-0.4, -0.2) is 23.9 Å². The third-order valence-corrected chi connectivity index (χ3v) is 3.59. The van der Waals surface area contributed by atoms with Gasteiger partial charge in [0.15, 0.2) is 0 Å². The van der Waals surface area contributed by atoms with Gasteiger partial charge in [0.2, 0.25) is 11.8 Å². The fraction of sp³-hybridized carbons (Fsp3) is 0.500. The highest BCUT2D eigenvalue weighted by molar-refractivity contribution is 5.92. The molecule has 0 aliphatic carbocycles. The molecule has 0 saturated heterocycles. The SMILES string of the molecule is CCC(C)NC(=O)C(C)NC(=O)C(C)(N)c1ccccc1.Cl. The van der Waals surface area contributed by atoms with Gasteiger partial charge in [0.05, 0.1) is 0 Å². The van der Waals surface area contributed by atoms with Crippen LogP contribution in [0, 0.1) is 0 Å². The number of hydrogen-bond acceptors (Lipinski definition) is 3. The molecule has 0 spiro atoms. The molecular formula is C16H26ClN3O2. The molecule has 3 atom stereocenters. The summed E-state index contributed by atoms with van der Waals surface area (Å²) < 4.78 is 0. The Morgan fingerprint density at radius 2 is 1.73 bits per heavy atom. The van der Waals surface area contributed by atoms with E-state index in [0.29, 0.717) is 5.56 Å². The van der Waals surface area contributed by atoms with E-state index < -0.39 is 11.6 Å². The zero-order valence-corrected chi connectivity index (χ0v) is 14.4. The van der Waals surface area contributed by atoms with E-state index in [1.807, 2.05) is 32.0 Å². The molecule has 0 aliphatic heterocycles. The molecule has 5 nitrogen and oxygen atoms in total. The van der Waals surface area contributed by atoms with Crippen molar-refractivity contribution in [2.75, 3.05) is 0 Å². The summed E-state index contributed by atoms with van der Waals surface area (Å²) in [4.78, 5) is 24.3. The van der Waals surface area contributed by atoms with E-state index >= 15 is 0 Å². The zero-order chi connectivity index (χ0) is 16.0. The van der Waals surface area contributed by atoms with Crippen LogP contribution in [-0.2, 0) is 15.1 Å². The molecule has 0 saturated carbocycles. The van der Waals surface area contributed by atoms with Crippen molar-refractivity contribution in [1.29, 1.82) is 0 Å². The van der Waals surface area contributed by atoms with Gasteiger partial charge in [-0.1, -0.05) is 37.3 Å². The molecule has 0 radical (unpaired) electrons. The van der Waals surface area contributed by atoms with Crippen LogP contribution in [0.25, 0.3) is 0 Å². The summed E-state index contributed by atoms with van der Waals surface area (Å²) in [5.41, 5.74) is 5.64. The highest BCUT2D eigenvalue weighted by atomic mass is 35.5. The second-order valence-electron chi connectivity index (χ2n) is 5.58. The van der Waals surface area contributed by atoms with E-state index in [2.05, 4.69) is 10.6 Å². The average Bonchev–Trinajstić information content (AvgIpc) is 2.47. The summed E-state index contributed by atoms with van der Waals surface area (Å²) in [6.45, 7) is 7.19. The van der Waals surface area contributed by atoms with Gasteiger partial charge in [-0.05, 0) is 32.8 Å². The fourth-order valence-corrected chi connectivity index (χ4v) is 1.80. The summed E-state index contributed by atoms with van der Waals surface area (Å²) in [6, 6.07) is 8.56. The number of hydrogen-bond donors (Lipinski definition) is 3. The minimum Gasteiger partial charge on any atom is -0.352 e. The maximum Gasteiger partial charge on any atom is 0.245 e. The van der Waals surface area contributed by atoms with Crippen LogP contribution in [0.15, 0.2) is 30.3 Å². The normalized spacial score (nSPS) is 15.7. The Labute approximate surface area is 138 Å². The fourth-order valence-electron chi connectivity index (χ4n) is 1.80. The van der Waals surface area contributed by atoms with Crippen LogP contribution in [0.3, 0.4) is 0 Å². The lowest BCUT2D eigenvalue weighted by molar-refractivity contribution is -0.131. The number of carbonyl (C=O) groups is 2. The topological polar surface area (TPSA) is 84.2 Å². The van der Waals surface area contributed by atoms with E-state index in [1.54, 1.807) is 26.0 Å². The highest BCUT2D eigenvalue weighted by Crippen LogP contribution is 2.17. The number of halogens is 1. The molecule has 0 heterocycles. The molecule has 1 aromatic rings. The molecule has 0 bridgehead atoms. The standard InChI is InChI=1S/C16H25N3O2.ClH/c1-5-11(2)18-14(20)12(3)19-15(21)16(4,17)13-9-7-6-8-10-13;/h6-12H,5,17H2,1-4H3,(H,18,20)(H,19,21);1H. The second-order valence-corrected chi connectivity index (χ2v) is 5.58. The number of nitrogens with one attached hydrogen (secondary N) is 2. The van der Waals surface area contributed by atoms with Crippen molar-refractivity contribution in [2.45, 2.75) is 51.7 Å². The third-order valence-electron chi connectivity index (χ3n) is 3.59. The quantitative estimate of drug-likeness (QED) is 0.743. The Hall–Kier alpha value is -1.59. The van der Waals surface area contributed by atoms with Gasteiger partial charge in [0, 0.05) is 6.04 Å². The summed E-state index contributed by atoms with van der Waals surface area (Å²) in [5, 5.41) is 5.50. The van der Waals surface area contributed by atoms with Crippen LogP contribution in [0.1, 0.15) is 39.7 Å². The summed E-state index contributed by atoms with van der Waals surface area (Å²) >= 11 is 0. The Bertz CT molecular complexity index is 491. The molecule has 0 aromatic heterocycles. The van der Waals surface area contributed by atoms with Gasteiger partial charge in [0.1, 0.15) is 11.6 Å². The van der Waals surface area contributed by atoms with E-state index in [9.17, 15) is 9.59 Å². The third kappa shape index (κ3) is 5.31. The molecule has 0 aliphatic rings. The summed E-state index contributed by atoms with van der Waals surface area (Å²) in [6.07, 6.45) is 0.838. The molecule has 1 rings (SSSR count). The van der Waals surface area contributed by atoms with Crippen molar-refractivity contribution >= 4 is 24.2 Å². The van der Waals surface area contributed by atoms with Gasteiger partial charge in [-0.2, -0.15) is 0 Å². The number of nitrogens with two attached hydrogens (primary N) is 1. The van der Waals surface area contributed by atoms with Crippen LogP contribution < -0.4 is 16.4 Å². The van der Waals surface area contributed by atoms with Crippen LogP contribution in [0.4, 0.5) is 0 Å². The first-order chi connectivity index (χ1) is 9.78. The first-order valence-electron chi connectivity index (χ1n) is 7.24. The van der Waals surface area contributed by atoms with E-state index in [1.165, 1.54) is 0 Å². The lowest BCUT2D eigenvalue weighted by atomic mass is 9.92. The molecular weight excluding hydrogens is 302 g/mol. The lowest BCUT2D eigenvalue weighted by Crippen LogP contribution is -2.55. The molecule has 22 heavy (non-hydrogen) atoms. The molecule has 4 N–H and O–H groups in total. The molecule has 2 amide bonds. The monoisotopic (exact) mass is 327 g/mol. The molecule has 0 fully saturated rings. The van der Waals surface area contributed by atoms with Crippen LogP contribution >= 0.6 is 12.4 Å². The minimum atomic E-state index is -1.17. The number of carbonyl (C=O) groups excluding carboxylic acids is 2. The molecule has 1 aromatic carbocycles. The predicted molar refractivity (Wildman–Crippen MR) is 90.7 cm³/mol. The number of amides is 2. The smallest absolute Gasteiger partial charge is 0.245 e. The van der Waals surface area contributed by atoms with Gasteiger partial charge in [-0.15, -0.1) is 12.4 Å². The van der Waals surface area contributed by atoms with Gasteiger partial charge in [0.25, 0.3) is 0 Å². The first kappa shape index (κ1) is 20.4. The molecule has 124 valence electrons. The average molecular weight is 328 g/mol. The van der Waals surface area contributed by atoms with Gasteiger partial charge in [-0.25, -0.2) is 0 Å².